The second kappa shape index (κ2) is 6.37. The van der Waals surface area contributed by atoms with Gasteiger partial charge in [-0.25, -0.2) is 9.97 Å². The third kappa shape index (κ3) is 4.01. The molecule has 6 heteroatoms. The number of hydrogen-bond donors (Lipinski definition) is 1. The van der Waals surface area contributed by atoms with Crippen molar-refractivity contribution >= 4 is 35.2 Å². The highest BCUT2D eigenvalue weighted by molar-refractivity contribution is 8.00. The minimum absolute atomic E-state index is 0.161. The molecule has 1 aromatic heterocycles. The molecule has 1 amide bonds. The lowest BCUT2D eigenvalue weighted by molar-refractivity contribution is -0.113. The van der Waals surface area contributed by atoms with Crippen LogP contribution in [0.15, 0.2) is 47.5 Å². The molecule has 18 heavy (non-hydrogen) atoms. The molecule has 0 aliphatic rings. The van der Waals surface area contributed by atoms with Gasteiger partial charge in [0.25, 0.3) is 0 Å². The summed E-state index contributed by atoms with van der Waals surface area (Å²) in [6.45, 7) is 0. The predicted molar refractivity (Wildman–Crippen MR) is 72.8 cm³/mol. The molecule has 2 rings (SSSR count). The van der Waals surface area contributed by atoms with Crippen LogP contribution in [0.1, 0.15) is 0 Å². The minimum atomic E-state index is -0.161. The molecular formula is C12H10ClN3OS. The summed E-state index contributed by atoms with van der Waals surface area (Å²) in [5.74, 6) is 0.368. The summed E-state index contributed by atoms with van der Waals surface area (Å²) in [5.41, 5.74) is 0. The normalized spacial score (nSPS) is 10.1. The molecule has 0 bridgehead atoms. The Bertz CT molecular complexity index is 536. The largest absolute Gasteiger partial charge is 0.294 e. The number of rotatable bonds is 4. The average molecular weight is 280 g/mol. The number of anilines is 1. The van der Waals surface area contributed by atoms with Crippen LogP contribution in [0.25, 0.3) is 0 Å². The van der Waals surface area contributed by atoms with Crippen LogP contribution >= 0.6 is 23.4 Å². The van der Waals surface area contributed by atoms with E-state index in [1.54, 1.807) is 6.07 Å². The van der Waals surface area contributed by atoms with E-state index in [1.807, 2.05) is 30.3 Å². The van der Waals surface area contributed by atoms with Gasteiger partial charge < -0.3 is 0 Å². The molecule has 4 nitrogen and oxygen atoms in total. The third-order valence-electron chi connectivity index (χ3n) is 1.99. The topological polar surface area (TPSA) is 54.9 Å². The van der Waals surface area contributed by atoms with Crippen LogP contribution in [0.5, 0.6) is 0 Å². The number of thioether (sulfide) groups is 1. The number of halogens is 1. The Balaban J connectivity index is 1.86. The Hall–Kier alpha value is -1.59. The van der Waals surface area contributed by atoms with Crippen LogP contribution < -0.4 is 5.32 Å². The molecule has 1 heterocycles. The van der Waals surface area contributed by atoms with Crippen LogP contribution in [0, 0.1) is 0 Å². The number of carbonyl (C=O) groups is 1. The van der Waals surface area contributed by atoms with Gasteiger partial charge in [-0.3, -0.25) is 10.1 Å². The number of carbonyl (C=O) groups excluding carboxylic acids is 1. The summed E-state index contributed by atoms with van der Waals surface area (Å²) in [6, 6.07) is 11.3. The van der Waals surface area contributed by atoms with Crippen molar-refractivity contribution in [2.24, 2.45) is 0 Å². The molecule has 0 fully saturated rings. The van der Waals surface area contributed by atoms with E-state index >= 15 is 0 Å². The quantitative estimate of drug-likeness (QED) is 0.691. The number of nitrogens with zero attached hydrogens (tertiary/aromatic N) is 2. The zero-order valence-electron chi connectivity index (χ0n) is 9.34. The van der Waals surface area contributed by atoms with Gasteiger partial charge in [0, 0.05) is 11.1 Å². The molecule has 0 aliphatic heterocycles. The van der Waals surface area contributed by atoms with Crippen molar-refractivity contribution in [1.29, 1.82) is 0 Å². The Morgan fingerprint density at radius 2 is 2.06 bits per heavy atom. The first kappa shape index (κ1) is 12.9. The number of amides is 1. The summed E-state index contributed by atoms with van der Waals surface area (Å²) in [5, 5.41) is 2.89. The van der Waals surface area contributed by atoms with Crippen LogP contribution in [0.2, 0.25) is 5.15 Å². The van der Waals surface area contributed by atoms with Gasteiger partial charge in [-0.1, -0.05) is 29.8 Å². The zero-order valence-corrected chi connectivity index (χ0v) is 10.9. The standard InChI is InChI=1S/C12H10ClN3OS/c13-10-6-7-14-12(15-10)16-11(17)8-18-9-4-2-1-3-5-9/h1-7H,8H2,(H,14,15,16,17). The number of hydrogen-bond acceptors (Lipinski definition) is 4. The van der Waals surface area contributed by atoms with Crippen molar-refractivity contribution in [1.82, 2.24) is 9.97 Å². The molecule has 0 saturated heterocycles. The van der Waals surface area contributed by atoms with Gasteiger partial charge in [0.2, 0.25) is 11.9 Å². The molecule has 0 spiro atoms. The highest BCUT2D eigenvalue weighted by Crippen LogP contribution is 2.16. The van der Waals surface area contributed by atoms with Gasteiger partial charge in [0.05, 0.1) is 5.75 Å². The molecule has 1 aromatic carbocycles. The first-order chi connectivity index (χ1) is 8.74. The Morgan fingerprint density at radius 1 is 1.28 bits per heavy atom. The lowest BCUT2D eigenvalue weighted by Gasteiger charge is -2.03. The lowest BCUT2D eigenvalue weighted by Crippen LogP contribution is -2.16. The van der Waals surface area contributed by atoms with E-state index in [0.29, 0.717) is 10.9 Å². The van der Waals surface area contributed by atoms with Crippen molar-refractivity contribution in [3.63, 3.8) is 0 Å². The summed E-state index contributed by atoms with van der Waals surface area (Å²) in [4.78, 5) is 20.5. The van der Waals surface area contributed by atoms with Crippen LogP contribution in [0.4, 0.5) is 5.95 Å². The fourth-order valence-corrected chi connectivity index (χ4v) is 2.08. The van der Waals surface area contributed by atoms with Crippen LogP contribution in [-0.2, 0) is 4.79 Å². The summed E-state index contributed by atoms with van der Waals surface area (Å²) in [7, 11) is 0. The molecular weight excluding hydrogens is 270 g/mol. The Morgan fingerprint density at radius 3 is 2.78 bits per heavy atom. The SMILES string of the molecule is O=C(CSc1ccccc1)Nc1nccc(Cl)n1. The van der Waals surface area contributed by atoms with Gasteiger partial charge in [-0.05, 0) is 18.2 Å². The smallest absolute Gasteiger partial charge is 0.237 e. The maximum Gasteiger partial charge on any atom is 0.237 e. The summed E-state index contributed by atoms with van der Waals surface area (Å²) < 4.78 is 0. The number of nitrogens with one attached hydrogen (secondary N) is 1. The maximum absolute atomic E-state index is 11.6. The molecule has 2 aromatic rings. The van der Waals surface area contributed by atoms with Crippen LogP contribution in [0.3, 0.4) is 0 Å². The van der Waals surface area contributed by atoms with E-state index < -0.39 is 0 Å². The number of aromatic nitrogens is 2. The van der Waals surface area contributed by atoms with Gasteiger partial charge in [0.1, 0.15) is 5.15 Å². The van der Waals surface area contributed by atoms with Crippen molar-refractivity contribution < 1.29 is 4.79 Å². The Kier molecular flexibility index (Phi) is 4.55. The van der Waals surface area contributed by atoms with Gasteiger partial charge in [-0.15, -0.1) is 11.8 Å². The minimum Gasteiger partial charge on any atom is -0.294 e. The van der Waals surface area contributed by atoms with E-state index in [4.69, 9.17) is 11.6 Å². The first-order valence-electron chi connectivity index (χ1n) is 5.20. The zero-order chi connectivity index (χ0) is 12.8. The highest BCUT2D eigenvalue weighted by Gasteiger charge is 2.05. The molecule has 1 N–H and O–H groups in total. The second-order valence-corrected chi connectivity index (χ2v) is 4.79. The third-order valence-corrected chi connectivity index (χ3v) is 3.21. The molecule has 0 aliphatic carbocycles. The predicted octanol–water partition coefficient (Wildman–Crippen LogP) is 2.86. The average Bonchev–Trinajstić information content (AvgIpc) is 2.38. The van der Waals surface area contributed by atoms with E-state index in [-0.39, 0.29) is 11.9 Å². The van der Waals surface area contributed by atoms with E-state index in [9.17, 15) is 4.79 Å². The molecule has 92 valence electrons. The molecule has 0 saturated carbocycles. The van der Waals surface area contributed by atoms with Crippen molar-refractivity contribution in [3.05, 3.63) is 47.7 Å². The fraction of sp³-hybridized carbons (Fsp3) is 0.0833. The second-order valence-electron chi connectivity index (χ2n) is 3.35. The van der Waals surface area contributed by atoms with E-state index in [2.05, 4.69) is 15.3 Å². The molecule has 0 unspecified atom stereocenters. The molecule has 0 atom stereocenters. The van der Waals surface area contributed by atoms with Crippen molar-refractivity contribution in [2.45, 2.75) is 4.90 Å². The van der Waals surface area contributed by atoms with Gasteiger partial charge in [-0.2, -0.15) is 0 Å². The maximum atomic E-state index is 11.6. The van der Waals surface area contributed by atoms with E-state index in [1.165, 1.54) is 18.0 Å². The van der Waals surface area contributed by atoms with Crippen LogP contribution in [-0.4, -0.2) is 21.6 Å². The summed E-state index contributed by atoms with van der Waals surface area (Å²) in [6.07, 6.45) is 1.50. The van der Waals surface area contributed by atoms with Gasteiger partial charge >= 0.3 is 0 Å². The van der Waals surface area contributed by atoms with Crippen molar-refractivity contribution in [2.75, 3.05) is 11.1 Å². The fourth-order valence-electron chi connectivity index (χ4n) is 1.22. The van der Waals surface area contributed by atoms with E-state index in [0.717, 1.165) is 4.90 Å². The first-order valence-corrected chi connectivity index (χ1v) is 6.56. The highest BCUT2D eigenvalue weighted by atomic mass is 35.5. The lowest BCUT2D eigenvalue weighted by atomic mass is 10.4. The number of benzene rings is 1. The molecule has 0 radical (unpaired) electrons. The summed E-state index contributed by atoms with van der Waals surface area (Å²) >= 11 is 7.15. The van der Waals surface area contributed by atoms with Gasteiger partial charge in [0.15, 0.2) is 0 Å². The van der Waals surface area contributed by atoms with Crippen molar-refractivity contribution in [3.8, 4) is 0 Å². The monoisotopic (exact) mass is 279 g/mol. The Labute approximate surface area is 114 Å².